The van der Waals surface area contributed by atoms with Gasteiger partial charge >= 0.3 is 5.97 Å². The molecule has 8 heteroatoms. The molecule has 0 aliphatic heterocycles. The summed E-state index contributed by atoms with van der Waals surface area (Å²) in [7, 11) is 0. The second-order valence-electron chi connectivity index (χ2n) is 6.02. The Morgan fingerprint density at radius 2 is 1.81 bits per heavy atom. The van der Waals surface area contributed by atoms with Crippen molar-refractivity contribution in [2.24, 2.45) is 22.2 Å². The molecule has 26 heavy (non-hydrogen) atoms. The minimum Gasteiger partial charge on any atom is -0.480 e. The average molecular weight is 357 g/mol. The molecule has 1 atom stereocenters. The first kappa shape index (κ1) is 19.2. The fourth-order valence-electron chi connectivity index (χ4n) is 2.74. The van der Waals surface area contributed by atoms with Crippen LogP contribution in [0, 0.1) is 0 Å². The lowest BCUT2D eigenvalue weighted by molar-refractivity contribution is -0.139. The van der Waals surface area contributed by atoms with Gasteiger partial charge in [-0.15, -0.1) is 0 Å². The molecule has 2 aromatic rings. The third-order valence-corrected chi connectivity index (χ3v) is 4.09. The van der Waals surface area contributed by atoms with Crippen LogP contribution in [0.1, 0.15) is 18.4 Å². The summed E-state index contributed by atoms with van der Waals surface area (Å²) in [6, 6.07) is 13.2. The summed E-state index contributed by atoms with van der Waals surface area (Å²) < 4.78 is 0. The van der Waals surface area contributed by atoms with Crippen molar-refractivity contribution in [2.45, 2.75) is 18.4 Å². The van der Waals surface area contributed by atoms with E-state index >= 15 is 0 Å². The molecular formula is C18H23N5O3. The Morgan fingerprint density at radius 3 is 2.46 bits per heavy atom. The number of aliphatic carboxylic acids is 1. The quantitative estimate of drug-likeness (QED) is 0.259. The van der Waals surface area contributed by atoms with Gasteiger partial charge in [0.15, 0.2) is 5.96 Å². The third-order valence-electron chi connectivity index (χ3n) is 4.09. The van der Waals surface area contributed by atoms with E-state index < -0.39 is 24.0 Å². The van der Waals surface area contributed by atoms with Crippen LogP contribution in [0.3, 0.4) is 0 Å². The summed E-state index contributed by atoms with van der Waals surface area (Å²) in [4.78, 5) is 27.3. The monoisotopic (exact) mass is 357 g/mol. The van der Waals surface area contributed by atoms with Gasteiger partial charge in [-0.1, -0.05) is 36.4 Å². The maximum Gasteiger partial charge on any atom is 0.322 e. The second kappa shape index (κ2) is 8.30. The van der Waals surface area contributed by atoms with E-state index in [1.165, 1.54) is 0 Å². The molecule has 0 aromatic heterocycles. The van der Waals surface area contributed by atoms with Gasteiger partial charge in [-0.3, -0.25) is 14.6 Å². The summed E-state index contributed by atoms with van der Waals surface area (Å²) in [5.41, 5.74) is 16.3. The van der Waals surface area contributed by atoms with Gasteiger partial charge in [-0.2, -0.15) is 0 Å². The van der Waals surface area contributed by atoms with Crippen molar-refractivity contribution < 1.29 is 14.7 Å². The smallest absolute Gasteiger partial charge is 0.322 e. The largest absolute Gasteiger partial charge is 0.480 e. The number of nitrogens with zero attached hydrogens (tertiary/aromatic N) is 1. The van der Waals surface area contributed by atoms with Crippen molar-refractivity contribution in [2.75, 3.05) is 13.1 Å². The van der Waals surface area contributed by atoms with Gasteiger partial charge in [0.2, 0.25) is 5.91 Å². The lowest BCUT2D eigenvalue weighted by Gasteiger charge is -2.29. The molecule has 2 aromatic carbocycles. The van der Waals surface area contributed by atoms with Crippen molar-refractivity contribution in [3.63, 3.8) is 0 Å². The standard InChI is InChI=1S/C18H23N5O3/c19-17(20)22-9-3-8-18(21,16(26)23-11-15(24)25)14-7-6-12-4-1-2-5-13(12)10-14/h1-2,4-7,10H,3,8-9,11,21H2,(H,23,26)(H,24,25)(H4,19,20,22)/t18-/m1/s1. The Kier molecular flexibility index (Phi) is 6.13. The number of hydrogen-bond acceptors (Lipinski definition) is 4. The van der Waals surface area contributed by atoms with Crippen molar-refractivity contribution in [3.05, 3.63) is 48.0 Å². The van der Waals surface area contributed by atoms with Gasteiger partial charge in [-0.05, 0) is 35.2 Å². The molecular weight excluding hydrogens is 334 g/mol. The minimum atomic E-state index is -1.39. The number of rotatable bonds is 8. The summed E-state index contributed by atoms with van der Waals surface area (Å²) in [6.45, 7) is -0.180. The zero-order valence-corrected chi connectivity index (χ0v) is 14.3. The molecule has 2 rings (SSSR count). The highest BCUT2D eigenvalue weighted by Gasteiger charge is 2.35. The van der Waals surface area contributed by atoms with Crippen LogP contribution >= 0.6 is 0 Å². The van der Waals surface area contributed by atoms with Crippen molar-refractivity contribution in [3.8, 4) is 0 Å². The number of carbonyl (C=O) groups excluding carboxylic acids is 1. The molecule has 0 aliphatic rings. The number of fused-ring (bicyclic) bond motifs is 1. The second-order valence-corrected chi connectivity index (χ2v) is 6.02. The molecule has 1 amide bonds. The molecule has 0 fully saturated rings. The van der Waals surface area contributed by atoms with E-state index in [2.05, 4.69) is 10.3 Å². The van der Waals surface area contributed by atoms with Crippen LogP contribution in [0.2, 0.25) is 0 Å². The van der Waals surface area contributed by atoms with E-state index in [9.17, 15) is 9.59 Å². The molecule has 8 N–H and O–H groups in total. The van der Waals surface area contributed by atoms with Crippen LogP contribution in [0.4, 0.5) is 0 Å². The van der Waals surface area contributed by atoms with Gasteiger partial charge in [0.25, 0.3) is 0 Å². The number of aliphatic imine (C=N–C) groups is 1. The number of guanidine groups is 1. The van der Waals surface area contributed by atoms with E-state index in [4.69, 9.17) is 22.3 Å². The molecule has 0 saturated heterocycles. The number of nitrogens with one attached hydrogen (secondary N) is 1. The first-order chi connectivity index (χ1) is 12.3. The molecule has 0 saturated carbocycles. The van der Waals surface area contributed by atoms with E-state index in [1.54, 1.807) is 6.07 Å². The maximum absolute atomic E-state index is 12.6. The normalized spacial score (nSPS) is 13.0. The van der Waals surface area contributed by atoms with E-state index in [0.717, 1.165) is 10.8 Å². The number of benzene rings is 2. The maximum atomic E-state index is 12.6. The highest BCUT2D eigenvalue weighted by atomic mass is 16.4. The molecule has 0 bridgehead atoms. The molecule has 0 aliphatic carbocycles. The van der Waals surface area contributed by atoms with Crippen LogP contribution in [0.15, 0.2) is 47.5 Å². The number of nitrogens with two attached hydrogens (primary N) is 3. The highest BCUT2D eigenvalue weighted by Crippen LogP contribution is 2.27. The fourth-order valence-corrected chi connectivity index (χ4v) is 2.74. The van der Waals surface area contributed by atoms with Gasteiger partial charge in [0.05, 0.1) is 0 Å². The van der Waals surface area contributed by atoms with Crippen LogP contribution in [0.5, 0.6) is 0 Å². The molecule has 0 spiro atoms. The number of carboxylic acid groups (broad SMARTS) is 1. The van der Waals surface area contributed by atoms with Crippen LogP contribution < -0.4 is 22.5 Å². The summed E-state index contributed by atoms with van der Waals surface area (Å²) in [6.07, 6.45) is 0.718. The van der Waals surface area contributed by atoms with Crippen LogP contribution in [-0.2, 0) is 15.1 Å². The summed E-state index contributed by atoms with van der Waals surface area (Å²) >= 11 is 0. The predicted octanol–water partition coefficient (Wildman–Crippen LogP) is 0.248. The van der Waals surface area contributed by atoms with Gasteiger partial charge in [-0.25, -0.2) is 0 Å². The van der Waals surface area contributed by atoms with E-state index in [0.29, 0.717) is 18.5 Å². The Morgan fingerprint density at radius 1 is 1.12 bits per heavy atom. The molecule has 0 heterocycles. The number of carbonyl (C=O) groups is 2. The average Bonchev–Trinajstić information content (AvgIpc) is 2.62. The zero-order chi connectivity index (χ0) is 19.2. The fraction of sp³-hybridized carbons (Fsp3) is 0.278. The van der Waals surface area contributed by atoms with Crippen LogP contribution in [-0.4, -0.2) is 36.0 Å². The molecule has 138 valence electrons. The number of carboxylic acids is 1. The third kappa shape index (κ3) is 4.70. The Balaban J connectivity index is 2.31. The lowest BCUT2D eigenvalue weighted by atomic mass is 9.84. The van der Waals surface area contributed by atoms with E-state index in [-0.39, 0.29) is 12.4 Å². The highest BCUT2D eigenvalue weighted by molar-refractivity contribution is 5.92. The van der Waals surface area contributed by atoms with Gasteiger partial charge in [0, 0.05) is 6.54 Å². The van der Waals surface area contributed by atoms with Crippen LogP contribution in [0.25, 0.3) is 10.8 Å². The SMILES string of the molecule is NC(N)=NCCC[C@](N)(C(=O)NCC(=O)O)c1ccc2ccccc2c1. The van der Waals surface area contributed by atoms with Crippen molar-refractivity contribution in [1.82, 2.24) is 5.32 Å². The first-order valence-corrected chi connectivity index (χ1v) is 8.16. The van der Waals surface area contributed by atoms with Crippen molar-refractivity contribution >= 4 is 28.6 Å². The lowest BCUT2D eigenvalue weighted by Crippen LogP contribution is -2.52. The molecule has 0 radical (unpaired) electrons. The van der Waals surface area contributed by atoms with E-state index in [1.807, 2.05) is 36.4 Å². The van der Waals surface area contributed by atoms with Gasteiger partial charge in [0.1, 0.15) is 12.1 Å². The summed E-state index contributed by atoms with van der Waals surface area (Å²) in [5.74, 6) is -1.73. The number of amides is 1. The predicted molar refractivity (Wildman–Crippen MR) is 100 cm³/mol. The zero-order valence-electron chi connectivity index (χ0n) is 14.3. The van der Waals surface area contributed by atoms with Gasteiger partial charge < -0.3 is 27.6 Å². The first-order valence-electron chi connectivity index (χ1n) is 8.16. The minimum absolute atomic E-state index is 0.0337. The Labute approximate surface area is 151 Å². The number of hydrogen-bond donors (Lipinski definition) is 5. The summed E-state index contributed by atoms with van der Waals surface area (Å²) in [5, 5.41) is 13.1. The molecule has 0 unspecified atom stereocenters. The Hall–Kier alpha value is -3.13. The topological polar surface area (TPSA) is 157 Å². The Bertz CT molecular complexity index is 832. The molecule has 8 nitrogen and oxygen atoms in total. The van der Waals surface area contributed by atoms with Crippen molar-refractivity contribution in [1.29, 1.82) is 0 Å².